The highest BCUT2D eigenvalue weighted by atomic mass is 16.5. The molecule has 15 heavy (non-hydrogen) atoms. The molecule has 0 spiro atoms. The summed E-state index contributed by atoms with van der Waals surface area (Å²) in [6, 6.07) is 0.615. The van der Waals surface area contributed by atoms with Crippen molar-refractivity contribution in [2.24, 2.45) is 5.84 Å². The topological polar surface area (TPSA) is 64.3 Å². The van der Waals surface area contributed by atoms with Crippen LogP contribution in [0.3, 0.4) is 0 Å². The van der Waals surface area contributed by atoms with Crippen molar-refractivity contribution in [2.45, 2.75) is 64.5 Å². The Labute approximate surface area is 92.5 Å². The summed E-state index contributed by atoms with van der Waals surface area (Å²) in [6.07, 6.45) is 6.66. The lowest BCUT2D eigenvalue weighted by molar-refractivity contribution is -0.138. The zero-order valence-corrected chi connectivity index (χ0v) is 10.1. The second kappa shape index (κ2) is 7.65. The number of ether oxygens (including phenoxy) is 1. The first kappa shape index (κ1) is 14.4. The number of nitrogens with one attached hydrogen (secondary N) is 1. The highest BCUT2D eigenvalue weighted by Crippen LogP contribution is 2.16. The maximum Gasteiger partial charge on any atom is 0.293 e. The first-order valence-corrected chi connectivity index (χ1v) is 5.57. The Morgan fingerprint density at radius 1 is 1.27 bits per heavy atom. The van der Waals surface area contributed by atoms with Crippen molar-refractivity contribution in [3.8, 4) is 0 Å². The molecule has 1 aliphatic rings. The molecule has 90 valence electrons. The molecule has 0 unspecified atom stereocenters. The van der Waals surface area contributed by atoms with Gasteiger partial charge < -0.3 is 4.74 Å². The summed E-state index contributed by atoms with van der Waals surface area (Å²) in [4.78, 5) is 9.60. The molecule has 3 N–H and O–H groups in total. The third-order valence-electron chi connectivity index (χ3n) is 2.24. The number of carbonyl (C=O) groups excluding carboxylic acids is 1. The van der Waals surface area contributed by atoms with Crippen LogP contribution in [0.4, 0.5) is 0 Å². The van der Waals surface area contributed by atoms with Crippen molar-refractivity contribution in [2.75, 3.05) is 0 Å². The van der Waals surface area contributed by atoms with Crippen molar-refractivity contribution in [3.63, 3.8) is 0 Å². The van der Waals surface area contributed by atoms with Gasteiger partial charge in [-0.05, 0) is 33.6 Å². The minimum atomic E-state index is -0.318. The molecule has 4 nitrogen and oxygen atoms in total. The molecule has 0 radical (unpaired) electrons. The van der Waals surface area contributed by atoms with Gasteiger partial charge in [0.25, 0.3) is 6.47 Å². The molecule has 0 aromatic rings. The molecule has 1 saturated carbocycles. The highest BCUT2D eigenvalue weighted by Gasteiger charge is 2.09. The molecule has 0 aliphatic heterocycles. The monoisotopic (exact) mass is 216 g/mol. The highest BCUT2D eigenvalue weighted by molar-refractivity contribution is 5.37. The number of rotatable bonds is 2. The van der Waals surface area contributed by atoms with Gasteiger partial charge in [0, 0.05) is 6.04 Å². The Balaban J connectivity index is 0.000000265. The van der Waals surface area contributed by atoms with E-state index in [1.807, 2.05) is 20.8 Å². The average molecular weight is 216 g/mol. The molecule has 0 heterocycles. The van der Waals surface area contributed by atoms with Crippen LogP contribution in [0.25, 0.3) is 0 Å². The molecule has 0 saturated heterocycles. The standard InChI is InChI=1S/C6H14N2.C5H10O2/c7-8-6-4-2-1-3-5-6;1-5(2,3)7-4-6/h6,8H,1-5,7H2;4H,1-3H3. The van der Waals surface area contributed by atoms with E-state index < -0.39 is 0 Å². The maximum atomic E-state index is 9.60. The Morgan fingerprint density at radius 3 is 2.00 bits per heavy atom. The van der Waals surface area contributed by atoms with E-state index in [1.165, 1.54) is 32.1 Å². The number of hydrogen-bond acceptors (Lipinski definition) is 4. The fourth-order valence-electron chi connectivity index (χ4n) is 1.41. The van der Waals surface area contributed by atoms with Crippen LogP contribution in [-0.2, 0) is 9.53 Å². The molecule has 0 aromatic carbocycles. The zero-order chi connectivity index (χ0) is 11.7. The normalized spacial score (nSPS) is 17.6. The van der Waals surface area contributed by atoms with E-state index in [0.717, 1.165) is 0 Å². The van der Waals surface area contributed by atoms with Gasteiger partial charge in [0.05, 0.1) is 0 Å². The number of nitrogens with two attached hydrogens (primary N) is 1. The molecule has 0 bridgehead atoms. The van der Waals surface area contributed by atoms with Gasteiger partial charge in [0.2, 0.25) is 0 Å². The van der Waals surface area contributed by atoms with E-state index in [9.17, 15) is 4.79 Å². The lowest BCUT2D eigenvalue weighted by Gasteiger charge is -2.19. The van der Waals surface area contributed by atoms with Crippen molar-refractivity contribution >= 4 is 6.47 Å². The molecule has 1 fully saturated rings. The lowest BCUT2D eigenvalue weighted by Crippen LogP contribution is -2.36. The van der Waals surface area contributed by atoms with E-state index in [0.29, 0.717) is 12.5 Å². The minimum absolute atomic E-state index is 0.318. The first-order chi connectivity index (χ1) is 6.99. The van der Waals surface area contributed by atoms with Gasteiger partial charge in [0.1, 0.15) is 5.60 Å². The predicted octanol–water partition coefficient (Wildman–Crippen LogP) is 1.74. The van der Waals surface area contributed by atoms with Crippen LogP contribution in [-0.4, -0.2) is 18.1 Å². The van der Waals surface area contributed by atoms with E-state index >= 15 is 0 Å². The summed E-state index contributed by atoms with van der Waals surface area (Å²) in [6.45, 7) is 5.92. The number of hydrazine groups is 1. The van der Waals surface area contributed by atoms with Crippen molar-refractivity contribution in [3.05, 3.63) is 0 Å². The first-order valence-electron chi connectivity index (χ1n) is 5.57. The summed E-state index contributed by atoms with van der Waals surface area (Å²) in [5.74, 6) is 5.25. The second-order valence-electron chi connectivity index (χ2n) is 4.83. The van der Waals surface area contributed by atoms with Gasteiger partial charge in [-0.2, -0.15) is 0 Å². The maximum absolute atomic E-state index is 9.60. The van der Waals surface area contributed by atoms with Crippen LogP contribution in [0.15, 0.2) is 0 Å². The van der Waals surface area contributed by atoms with Crippen LogP contribution in [0.1, 0.15) is 52.9 Å². The van der Waals surface area contributed by atoms with E-state index in [-0.39, 0.29) is 5.60 Å². The summed E-state index contributed by atoms with van der Waals surface area (Å²) in [7, 11) is 0. The summed E-state index contributed by atoms with van der Waals surface area (Å²) in [5, 5.41) is 0. The fraction of sp³-hybridized carbons (Fsp3) is 0.909. The van der Waals surface area contributed by atoms with Crippen LogP contribution in [0, 0.1) is 0 Å². The number of hydrogen-bond donors (Lipinski definition) is 2. The Hall–Kier alpha value is -0.610. The second-order valence-corrected chi connectivity index (χ2v) is 4.83. The molecular formula is C11H24N2O2. The minimum Gasteiger partial charge on any atom is -0.462 e. The quantitative estimate of drug-likeness (QED) is 0.419. The largest absolute Gasteiger partial charge is 0.462 e. The van der Waals surface area contributed by atoms with Crippen LogP contribution >= 0.6 is 0 Å². The molecule has 0 atom stereocenters. The van der Waals surface area contributed by atoms with Gasteiger partial charge in [-0.15, -0.1) is 0 Å². The van der Waals surface area contributed by atoms with Crippen LogP contribution in [0.5, 0.6) is 0 Å². The summed E-state index contributed by atoms with van der Waals surface area (Å²) in [5.41, 5.74) is 2.49. The summed E-state index contributed by atoms with van der Waals surface area (Å²) >= 11 is 0. The van der Waals surface area contributed by atoms with Gasteiger partial charge in [-0.3, -0.25) is 16.1 Å². The summed E-state index contributed by atoms with van der Waals surface area (Å²) < 4.78 is 4.55. The third kappa shape index (κ3) is 9.69. The average Bonchev–Trinajstić information content (AvgIpc) is 2.18. The van der Waals surface area contributed by atoms with Crippen LogP contribution in [0.2, 0.25) is 0 Å². The van der Waals surface area contributed by atoms with E-state index in [1.54, 1.807) is 0 Å². The Morgan fingerprint density at radius 2 is 1.80 bits per heavy atom. The fourth-order valence-corrected chi connectivity index (χ4v) is 1.41. The van der Waals surface area contributed by atoms with Crippen molar-refractivity contribution in [1.82, 2.24) is 5.43 Å². The van der Waals surface area contributed by atoms with Gasteiger partial charge in [-0.1, -0.05) is 19.3 Å². The van der Waals surface area contributed by atoms with Gasteiger partial charge >= 0.3 is 0 Å². The lowest BCUT2D eigenvalue weighted by atomic mass is 9.96. The van der Waals surface area contributed by atoms with Crippen LogP contribution < -0.4 is 11.3 Å². The smallest absolute Gasteiger partial charge is 0.293 e. The molecule has 1 rings (SSSR count). The Kier molecular flexibility index (Phi) is 7.34. The molecule has 4 heteroatoms. The molecule has 0 amide bonds. The van der Waals surface area contributed by atoms with Gasteiger partial charge in [-0.25, -0.2) is 0 Å². The molecule has 1 aliphatic carbocycles. The van der Waals surface area contributed by atoms with Gasteiger partial charge in [0.15, 0.2) is 0 Å². The van der Waals surface area contributed by atoms with Crippen molar-refractivity contribution in [1.29, 1.82) is 0 Å². The SMILES string of the molecule is CC(C)(C)OC=O.NNC1CCCCC1. The molecular weight excluding hydrogens is 192 g/mol. The number of carbonyl (C=O) groups is 1. The van der Waals surface area contributed by atoms with E-state index in [2.05, 4.69) is 10.2 Å². The predicted molar refractivity (Wildman–Crippen MR) is 61.1 cm³/mol. The molecule has 0 aromatic heterocycles. The van der Waals surface area contributed by atoms with E-state index in [4.69, 9.17) is 5.84 Å². The Bertz CT molecular complexity index is 160. The third-order valence-corrected chi connectivity index (χ3v) is 2.24. The zero-order valence-electron chi connectivity index (χ0n) is 10.1. The van der Waals surface area contributed by atoms with Crippen molar-refractivity contribution < 1.29 is 9.53 Å².